The predicted octanol–water partition coefficient (Wildman–Crippen LogP) is 1.95. The van der Waals surface area contributed by atoms with Crippen molar-refractivity contribution in [2.75, 3.05) is 7.05 Å². The van der Waals surface area contributed by atoms with Gasteiger partial charge in [-0.05, 0) is 30.0 Å². The predicted molar refractivity (Wildman–Crippen MR) is 56.3 cm³/mol. The van der Waals surface area contributed by atoms with Gasteiger partial charge >= 0.3 is 0 Å². The molecule has 0 aromatic carbocycles. The second kappa shape index (κ2) is 4.74. The smallest absolute Gasteiger partial charge is 0.269 e. The highest BCUT2D eigenvalue weighted by atomic mass is 16.1. The number of carbonyl (C=O) groups excluding carboxylic acids is 1. The van der Waals surface area contributed by atoms with Crippen LogP contribution in [0.25, 0.3) is 0 Å². The average molecular weight is 192 g/mol. The van der Waals surface area contributed by atoms with E-state index in [0.717, 1.165) is 6.42 Å². The fraction of sp³-hybridized carbons (Fsp3) is 0.455. The van der Waals surface area contributed by atoms with Crippen molar-refractivity contribution in [3.05, 3.63) is 29.6 Å². The Labute approximate surface area is 84.6 Å². The van der Waals surface area contributed by atoms with Gasteiger partial charge in [-0.25, -0.2) is 0 Å². The summed E-state index contributed by atoms with van der Waals surface area (Å²) in [6.45, 7) is 4.27. The third-order valence-corrected chi connectivity index (χ3v) is 2.43. The highest BCUT2D eigenvalue weighted by molar-refractivity contribution is 5.92. The number of carbonyl (C=O) groups is 1. The lowest BCUT2D eigenvalue weighted by atomic mass is 9.99. The van der Waals surface area contributed by atoms with E-state index in [1.807, 2.05) is 12.1 Å². The Morgan fingerprint density at radius 2 is 2.36 bits per heavy atom. The van der Waals surface area contributed by atoms with Gasteiger partial charge in [0.05, 0.1) is 0 Å². The molecule has 1 heterocycles. The van der Waals surface area contributed by atoms with Crippen LogP contribution in [0.3, 0.4) is 0 Å². The Kier molecular flexibility index (Phi) is 3.63. The molecule has 0 bridgehead atoms. The molecule has 0 saturated heterocycles. The van der Waals surface area contributed by atoms with E-state index >= 15 is 0 Å². The zero-order chi connectivity index (χ0) is 10.6. The number of hydrogen-bond donors (Lipinski definition) is 1. The minimum Gasteiger partial charge on any atom is -0.354 e. The highest BCUT2D eigenvalue weighted by Gasteiger charge is 2.08. The Morgan fingerprint density at radius 3 is 2.93 bits per heavy atom. The van der Waals surface area contributed by atoms with E-state index in [4.69, 9.17) is 0 Å². The Hall–Kier alpha value is -1.38. The minimum absolute atomic E-state index is 0.129. The molecule has 1 N–H and O–H groups in total. The van der Waals surface area contributed by atoms with Crippen LogP contribution in [0.5, 0.6) is 0 Å². The summed E-state index contributed by atoms with van der Waals surface area (Å²) in [5.74, 6) is 0.344. The van der Waals surface area contributed by atoms with Crippen LogP contribution in [0.1, 0.15) is 42.2 Å². The van der Waals surface area contributed by atoms with Gasteiger partial charge in [0.15, 0.2) is 0 Å². The van der Waals surface area contributed by atoms with Crippen LogP contribution in [0.15, 0.2) is 18.3 Å². The van der Waals surface area contributed by atoms with Crippen molar-refractivity contribution in [3.8, 4) is 0 Å². The van der Waals surface area contributed by atoms with Crippen molar-refractivity contribution < 1.29 is 4.79 Å². The summed E-state index contributed by atoms with van der Waals surface area (Å²) in [4.78, 5) is 15.3. The van der Waals surface area contributed by atoms with Gasteiger partial charge in [-0.1, -0.05) is 13.8 Å². The first-order valence-corrected chi connectivity index (χ1v) is 4.87. The number of aromatic nitrogens is 1. The maximum absolute atomic E-state index is 11.3. The summed E-state index contributed by atoms with van der Waals surface area (Å²) in [7, 11) is 1.61. The highest BCUT2D eigenvalue weighted by Crippen LogP contribution is 2.18. The maximum Gasteiger partial charge on any atom is 0.269 e. The molecular weight excluding hydrogens is 176 g/mol. The van der Waals surface area contributed by atoms with Gasteiger partial charge in [-0.2, -0.15) is 0 Å². The molecule has 76 valence electrons. The molecule has 1 unspecified atom stereocenters. The van der Waals surface area contributed by atoms with E-state index in [2.05, 4.69) is 24.1 Å². The lowest BCUT2D eigenvalue weighted by Crippen LogP contribution is -2.19. The molecule has 0 aliphatic carbocycles. The number of amides is 1. The molecule has 1 atom stereocenters. The van der Waals surface area contributed by atoms with E-state index < -0.39 is 0 Å². The van der Waals surface area contributed by atoms with Crippen molar-refractivity contribution in [1.29, 1.82) is 0 Å². The van der Waals surface area contributed by atoms with Gasteiger partial charge in [-0.3, -0.25) is 9.78 Å². The van der Waals surface area contributed by atoms with E-state index in [0.29, 0.717) is 11.6 Å². The first-order valence-electron chi connectivity index (χ1n) is 4.87. The second-order valence-electron chi connectivity index (χ2n) is 3.36. The summed E-state index contributed by atoms with van der Waals surface area (Å²) >= 11 is 0. The van der Waals surface area contributed by atoms with Crippen LogP contribution in [0.2, 0.25) is 0 Å². The average Bonchev–Trinajstić information content (AvgIpc) is 2.27. The van der Waals surface area contributed by atoms with Gasteiger partial charge in [-0.15, -0.1) is 0 Å². The number of nitrogens with zero attached hydrogens (tertiary/aromatic N) is 1. The number of pyridine rings is 1. The largest absolute Gasteiger partial charge is 0.354 e. The fourth-order valence-corrected chi connectivity index (χ4v) is 1.24. The zero-order valence-corrected chi connectivity index (χ0v) is 8.87. The SMILES string of the molecule is CCC(C)c1ccnc(C(=O)NC)c1. The summed E-state index contributed by atoms with van der Waals surface area (Å²) < 4.78 is 0. The zero-order valence-electron chi connectivity index (χ0n) is 8.87. The maximum atomic E-state index is 11.3. The molecule has 1 aromatic rings. The number of nitrogens with one attached hydrogen (secondary N) is 1. The molecular formula is C11H16N2O. The number of hydrogen-bond acceptors (Lipinski definition) is 2. The lowest BCUT2D eigenvalue weighted by molar-refractivity contribution is 0.0958. The van der Waals surface area contributed by atoms with Gasteiger partial charge in [0.1, 0.15) is 5.69 Å². The van der Waals surface area contributed by atoms with Gasteiger partial charge in [0.2, 0.25) is 0 Å². The molecule has 0 fully saturated rings. The van der Waals surface area contributed by atoms with Crippen LogP contribution in [-0.4, -0.2) is 17.9 Å². The summed E-state index contributed by atoms with van der Waals surface area (Å²) in [5, 5.41) is 2.56. The van der Waals surface area contributed by atoms with Crippen molar-refractivity contribution >= 4 is 5.91 Å². The summed E-state index contributed by atoms with van der Waals surface area (Å²) in [6, 6.07) is 3.81. The van der Waals surface area contributed by atoms with E-state index in [-0.39, 0.29) is 5.91 Å². The third-order valence-electron chi connectivity index (χ3n) is 2.43. The number of rotatable bonds is 3. The van der Waals surface area contributed by atoms with Gasteiger partial charge < -0.3 is 5.32 Å². The first-order chi connectivity index (χ1) is 6.69. The molecule has 0 radical (unpaired) electrons. The molecule has 3 nitrogen and oxygen atoms in total. The van der Waals surface area contributed by atoms with Crippen molar-refractivity contribution in [3.63, 3.8) is 0 Å². The molecule has 3 heteroatoms. The van der Waals surface area contributed by atoms with Crippen molar-refractivity contribution in [2.24, 2.45) is 0 Å². The van der Waals surface area contributed by atoms with E-state index in [9.17, 15) is 4.79 Å². The Balaban J connectivity index is 2.95. The normalized spacial score (nSPS) is 12.2. The van der Waals surface area contributed by atoms with Crippen LogP contribution >= 0.6 is 0 Å². The molecule has 1 amide bonds. The second-order valence-corrected chi connectivity index (χ2v) is 3.36. The first kappa shape index (κ1) is 10.7. The van der Waals surface area contributed by atoms with Gasteiger partial charge in [0, 0.05) is 13.2 Å². The van der Waals surface area contributed by atoms with Crippen molar-refractivity contribution in [1.82, 2.24) is 10.3 Å². The van der Waals surface area contributed by atoms with Crippen molar-refractivity contribution in [2.45, 2.75) is 26.2 Å². The molecule has 0 saturated carbocycles. The quantitative estimate of drug-likeness (QED) is 0.795. The Morgan fingerprint density at radius 1 is 1.64 bits per heavy atom. The standard InChI is InChI=1S/C11H16N2O/c1-4-8(2)9-5-6-13-10(7-9)11(14)12-3/h5-8H,4H2,1-3H3,(H,12,14). The van der Waals surface area contributed by atoms with Crippen LogP contribution in [-0.2, 0) is 0 Å². The molecule has 1 aromatic heterocycles. The topological polar surface area (TPSA) is 42.0 Å². The third kappa shape index (κ3) is 2.31. The van der Waals surface area contributed by atoms with Gasteiger partial charge in [0.25, 0.3) is 5.91 Å². The molecule has 14 heavy (non-hydrogen) atoms. The van der Waals surface area contributed by atoms with Crippen LogP contribution in [0, 0.1) is 0 Å². The van der Waals surface area contributed by atoms with E-state index in [1.54, 1.807) is 13.2 Å². The monoisotopic (exact) mass is 192 g/mol. The molecule has 0 spiro atoms. The molecule has 0 aliphatic rings. The van der Waals surface area contributed by atoms with Crippen LogP contribution < -0.4 is 5.32 Å². The van der Waals surface area contributed by atoms with Crippen LogP contribution in [0.4, 0.5) is 0 Å². The Bertz CT molecular complexity index is 323. The minimum atomic E-state index is -0.129. The fourth-order valence-electron chi connectivity index (χ4n) is 1.24. The molecule has 1 rings (SSSR count). The lowest BCUT2D eigenvalue weighted by Gasteiger charge is -2.09. The summed E-state index contributed by atoms with van der Waals surface area (Å²) in [5.41, 5.74) is 1.66. The van der Waals surface area contributed by atoms with E-state index in [1.165, 1.54) is 5.56 Å². The summed E-state index contributed by atoms with van der Waals surface area (Å²) in [6.07, 6.45) is 2.75. The molecule has 0 aliphatic heterocycles.